The Labute approximate surface area is 140 Å². The summed E-state index contributed by atoms with van der Waals surface area (Å²) in [6.45, 7) is 1.17. The molecule has 9 heteroatoms. The molecule has 0 fully saturated rings. The normalized spacial score (nSPS) is 11.5. The number of para-hydroxylation sites is 2. The van der Waals surface area contributed by atoms with Crippen molar-refractivity contribution in [1.29, 1.82) is 0 Å². The SMILES string of the molecule is CC(OC(=O)c1ccccc1[N+](=O)[O-])C(=O)Nc1c(F)cccc1F. The number of carbonyl (C=O) groups excluding carboxylic acids is 2. The molecule has 0 bridgehead atoms. The Kier molecular flexibility index (Phi) is 5.38. The van der Waals surface area contributed by atoms with Gasteiger partial charge in [0.25, 0.3) is 11.6 Å². The number of benzene rings is 2. The first-order valence-corrected chi connectivity index (χ1v) is 7.00. The number of carbonyl (C=O) groups is 2. The van der Waals surface area contributed by atoms with E-state index in [1.54, 1.807) is 0 Å². The fraction of sp³-hybridized carbons (Fsp3) is 0.125. The average Bonchev–Trinajstić information content (AvgIpc) is 2.57. The molecule has 1 amide bonds. The summed E-state index contributed by atoms with van der Waals surface area (Å²) in [6.07, 6.45) is -1.44. The number of rotatable bonds is 5. The van der Waals surface area contributed by atoms with Crippen molar-refractivity contribution in [1.82, 2.24) is 0 Å². The first-order chi connectivity index (χ1) is 11.8. The van der Waals surface area contributed by atoms with Crippen LogP contribution in [0.1, 0.15) is 17.3 Å². The van der Waals surface area contributed by atoms with Gasteiger partial charge in [-0.3, -0.25) is 14.9 Å². The highest BCUT2D eigenvalue weighted by Gasteiger charge is 2.25. The summed E-state index contributed by atoms with van der Waals surface area (Å²) in [4.78, 5) is 34.1. The third kappa shape index (κ3) is 4.14. The number of nitrogens with one attached hydrogen (secondary N) is 1. The molecule has 0 radical (unpaired) electrons. The number of esters is 1. The summed E-state index contributed by atoms with van der Waals surface area (Å²) in [5, 5.41) is 12.9. The number of hydrogen-bond acceptors (Lipinski definition) is 5. The number of hydrogen-bond donors (Lipinski definition) is 1. The summed E-state index contributed by atoms with van der Waals surface area (Å²) in [7, 11) is 0. The van der Waals surface area contributed by atoms with E-state index in [1.807, 2.05) is 5.32 Å². The third-order valence-corrected chi connectivity index (χ3v) is 3.18. The Balaban J connectivity index is 2.11. The standard InChI is InChI=1S/C16H12F2N2O5/c1-9(15(21)19-14-11(17)6-4-7-12(14)18)25-16(22)10-5-2-3-8-13(10)20(23)24/h2-9H,1H3,(H,19,21). The van der Waals surface area contributed by atoms with Crippen molar-refractivity contribution >= 4 is 23.3 Å². The van der Waals surface area contributed by atoms with Gasteiger partial charge < -0.3 is 10.1 Å². The predicted octanol–water partition coefficient (Wildman–Crippen LogP) is 3.06. The fourth-order valence-corrected chi connectivity index (χ4v) is 1.93. The van der Waals surface area contributed by atoms with Crippen molar-refractivity contribution < 1.29 is 28.0 Å². The first kappa shape index (κ1) is 18.0. The van der Waals surface area contributed by atoms with Crippen LogP contribution in [0.25, 0.3) is 0 Å². The Morgan fingerprint density at radius 3 is 2.32 bits per heavy atom. The molecule has 2 rings (SSSR count). The lowest BCUT2D eigenvalue weighted by Crippen LogP contribution is -2.30. The second kappa shape index (κ2) is 7.47. The molecule has 0 aliphatic carbocycles. The first-order valence-electron chi connectivity index (χ1n) is 7.00. The second-order valence-corrected chi connectivity index (χ2v) is 4.91. The Morgan fingerprint density at radius 1 is 1.12 bits per heavy atom. The van der Waals surface area contributed by atoms with E-state index in [1.165, 1.54) is 25.1 Å². The lowest BCUT2D eigenvalue weighted by molar-refractivity contribution is -0.385. The number of ether oxygens (including phenoxy) is 1. The van der Waals surface area contributed by atoms with Crippen LogP contribution >= 0.6 is 0 Å². The van der Waals surface area contributed by atoms with Crippen molar-refractivity contribution in [3.05, 3.63) is 69.8 Å². The van der Waals surface area contributed by atoms with Crippen molar-refractivity contribution in [2.45, 2.75) is 13.0 Å². The summed E-state index contributed by atoms with van der Waals surface area (Å²) < 4.78 is 31.9. The molecule has 1 atom stereocenters. The number of nitrogens with zero attached hydrogens (tertiary/aromatic N) is 1. The number of nitro groups is 1. The quantitative estimate of drug-likeness (QED) is 0.508. The van der Waals surface area contributed by atoms with Gasteiger partial charge in [0.05, 0.1) is 4.92 Å². The van der Waals surface area contributed by atoms with Gasteiger partial charge >= 0.3 is 5.97 Å². The molecule has 2 aromatic carbocycles. The van der Waals surface area contributed by atoms with E-state index in [2.05, 4.69) is 0 Å². The molecule has 0 saturated heterocycles. The van der Waals surface area contributed by atoms with Gasteiger partial charge in [0, 0.05) is 6.07 Å². The van der Waals surface area contributed by atoms with Crippen LogP contribution in [0, 0.1) is 21.7 Å². The van der Waals surface area contributed by atoms with Crippen LogP contribution < -0.4 is 5.32 Å². The molecule has 2 aromatic rings. The van der Waals surface area contributed by atoms with Gasteiger partial charge in [-0.2, -0.15) is 0 Å². The number of amides is 1. The highest BCUT2D eigenvalue weighted by molar-refractivity contribution is 5.99. The van der Waals surface area contributed by atoms with Gasteiger partial charge in [0.15, 0.2) is 6.10 Å². The van der Waals surface area contributed by atoms with Gasteiger partial charge in [0.1, 0.15) is 22.9 Å². The maximum Gasteiger partial charge on any atom is 0.345 e. The molecule has 1 N–H and O–H groups in total. The maximum absolute atomic E-state index is 13.5. The van der Waals surface area contributed by atoms with Gasteiger partial charge in [-0.15, -0.1) is 0 Å². The minimum Gasteiger partial charge on any atom is -0.449 e. The van der Waals surface area contributed by atoms with Crippen molar-refractivity contribution in [2.75, 3.05) is 5.32 Å². The van der Waals surface area contributed by atoms with Gasteiger partial charge in [0.2, 0.25) is 0 Å². The molecule has 25 heavy (non-hydrogen) atoms. The van der Waals surface area contributed by atoms with E-state index in [9.17, 15) is 28.5 Å². The molecule has 1 unspecified atom stereocenters. The highest BCUT2D eigenvalue weighted by Crippen LogP contribution is 2.21. The van der Waals surface area contributed by atoms with Crippen LogP contribution in [-0.2, 0) is 9.53 Å². The topological polar surface area (TPSA) is 98.5 Å². The van der Waals surface area contributed by atoms with Crippen LogP contribution in [0.4, 0.5) is 20.2 Å². The third-order valence-electron chi connectivity index (χ3n) is 3.18. The minimum atomic E-state index is -1.44. The van der Waals surface area contributed by atoms with E-state index in [0.29, 0.717) is 0 Å². The van der Waals surface area contributed by atoms with Crippen LogP contribution in [0.3, 0.4) is 0 Å². The zero-order valence-electron chi connectivity index (χ0n) is 12.9. The number of nitro benzene ring substituents is 1. The van der Waals surface area contributed by atoms with Crippen molar-refractivity contribution in [3.8, 4) is 0 Å². The molecule has 0 aromatic heterocycles. The highest BCUT2D eigenvalue weighted by atomic mass is 19.1. The van der Waals surface area contributed by atoms with E-state index in [0.717, 1.165) is 24.3 Å². The zero-order chi connectivity index (χ0) is 18.6. The summed E-state index contributed by atoms with van der Waals surface area (Å²) in [5.41, 5.74) is -1.51. The minimum absolute atomic E-state index is 0.343. The maximum atomic E-state index is 13.5. The summed E-state index contributed by atoms with van der Waals surface area (Å²) in [6, 6.07) is 8.05. The van der Waals surface area contributed by atoms with E-state index in [4.69, 9.17) is 4.74 Å². The van der Waals surface area contributed by atoms with Gasteiger partial charge in [-0.1, -0.05) is 18.2 Å². The Bertz CT molecular complexity index is 821. The smallest absolute Gasteiger partial charge is 0.345 e. The van der Waals surface area contributed by atoms with E-state index in [-0.39, 0.29) is 5.56 Å². The Hall–Kier alpha value is -3.36. The molecule has 130 valence electrons. The van der Waals surface area contributed by atoms with Crippen LogP contribution in [0.2, 0.25) is 0 Å². The average molecular weight is 350 g/mol. The van der Waals surface area contributed by atoms with Gasteiger partial charge in [-0.25, -0.2) is 13.6 Å². The van der Waals surface area contributed by atoms with E-state index < -0.39 is 45.9 Å². The molecule has 0 aliphatic rings. The largest absolute Gasteiger partial charge is 0.449 e. The lowest BCUT2D eigenvalue weighted by Gasteiger charge is -2.14. The van der Waals surface area contributed by atoms with Crippen LogP contribution in [0.15, 0.2) is 42.5 Å². The zero-order valence-corrected chi connectivity index (χ0v) is 12.9. The summed E-state index contributed by atoms with van der Waals surface area (Å²) in [5.74, 6) is -4.09. The van der Waals surface area contributed by atoms with Gasteiger partial charge in [-0.05, 0) is 25.1 Å². The molecule has 0 heterocycles. The monoisotopic (exact) mass is 350 g/mol. The fourth-order valence-electron chi connectivity index (χ4n) is 1.93. The number of anilines is 1. The van der Waals surface area contributed by atoms with Crippen molar-refractivity contribution in [2.24, 2.45) is 0 Å². The molecular weight excluding hydrogens is 338 g/mol. The Morgan fingerprint density at radius 2 is 1.72 bits per heavy atom. The van der Waals surface area contributed by atoms with E-state index >= 15 is 0 Å². The van der Waals surface area contributed by atoms with Crippen molar-refractivity contribution in [3.63, 3.8) is 0 Å². The molecule has 0 aliphatic heterocycles. The summed E-state index contributed by atoms with van der Waals surface area (Å²) >= 11 is 0. The predicted molar refractivity (Wildman–Crippen MR) is 83.0 cm³/mol. The molecule has 7 nitrogen and oxygen atoms in total. The number of halogens is 2. The van der Waals surface area contributed by atoms with Crippen LogP contribution in [0.5, 0.6) is 0 Å². The molecule has 0 saturated carbocycles. The molecule has 0 spiro atoms. The second-order valence-electron chi connectivity index (χ2n) is 4.91. The lowest BCUT2D eigenvalue weighted by atomic mass is 10.2. The van der Waals surface area contributed by atoms with Crippen LogP contribution in [-0.4, -0.2) is 22.9 Å². The molecular formula is C16H12F2N2O5.